The molecule has 0 aromatic heterocycles. The third kappa shape index (κ3) is 1.91. The van der Waals surface area contributed by atoms with Gasteiger partial charge in [0.15, 0.2) is 5.17 Å². The van der Waals surface area contributed by atoms with Crippen LogP contribution in [0.5, 0.6) is 0 Å². The molecule has 0 saturated heterocycles. The molecule has 1 aromatic rings. The maximum Gasteiger partial charge on any atom is 0.263 e. The molecule has 4 nitrogen and oxygen atoms in total. The van der Waals surface area contributed by atoms with E-state index >= 15 is 0 Å². The number of nitrogens with zero attached hydrogens (tertiary/aromatic N) is 2. The molecule has 0 saturated carbocycles. The Morgan fingerprint density at radius 3 is 2.68 bits per heavy atom. The largest absolute Gasteiger partial charge is 0.311 e. The summed E-state index contributed by atoms with van der Waals surface area (Å²) in [6.45, 7) is 0. The maximum absolute atomic E-state index is 12.5. The fourth-order valence-corrected chi connectivity index (χ4v) is 4.30. The van der Waals surface area contributed by atoms with Crippen molar-refractivity contribution in [1.82, 2.24) is 0 Å². The van der Waals surface area contributed by atoms with Crippen molar-refractivity contribution in [3.05, 3.63) is 40.3 Å². The predicted octanol–water partition coefficient (Wildman–Crippen LogP) is 3.05. The Morgan fingerprint density at radius 1 is 1.26 bits per heavy atom. The number of benzene rings is 1. The standard InChI is InChI=1S/C12H7ClN2O2S2/c1-15-7-5-3-2-4-6(7)9(16)8(12(15)17)10-11(13)14-19-18-10/h2-5H,1H3/b10-8-. The molecular formula is C12H7ClN2O2S2. The van der Waals surface area contributed by atoms with Crippen LogP contribution < -0.4 is 4.90 Å². The molecule has 1 aromatic carbocycles. The van der Waals surface area contributed by atoms with E-state index < -0.39 is 0 Å². The molecule has 0 unspecified atom stereocenters. The molecule has 0 fully saturated rings. The van der Waals surface area contributed by atoms with E-state index in [0.29, 0.717) is 16.2 Å². The Kier molecular flexibility index (Phi) is 3.16. The van der Waals surface area contributed by atoms with E-state index in [2.05, 4.69) is 4.40 Å². The van der Waals surface area contributed by atoms with Gasteiger partial charge in [0.05, 0.1) is 21.6 Å². The molecule has 0 atom stereocenters. The van der Waals surface area contributed by atoms with Crippen LogP contribution in [0, 0.1) is 0 Å². The Hall–Kier alpha value is -1.24. The monoisotopic (exact) mass is 310 g/mol. The molecular weight excluding hydrogens is 304 g/mol. The number of anilines is 1. The van der Waals surface area contributed by atoms with E-state index in [1.165, 1.54) is 15.7 Å². The van der Waals surface area contributed by atoms with Gasteiger partial charge >= 0.3 is 0 Å². The number of carbonyl (C=O) groups excluding carboxylic acids is 2. The minimum atomic E-state index is -0.345. The molecule has 7 heteroatoms. The summed E-state index contributed by atoms with van der Waals surface area (Å²) >= 11 is 5.94. The number of amides is 1. The van der Waals surface area contributed by atoms with Crippen molar-refractivity contribution in [2.45, 2.75) is 0 Å². The number of ketones is 1. The summed E-state index contributed by atoms with van der Waals surface area (Å²) in [7, 11) is 4.04. The number of hydrogen-bond acceptors (Lipinski definition) is 5. The third-order valence-electron chi connectivity index (χ3n) is 2.91. The normalized spacial score (nSPS) is 22.6. The highest BCUT2D eigenvalue weighted by molar-refractivity contribution is 8.78. The van der Waals surface area contributed by atoms with Crippen molar-refractivity contribution in [1.29, 1.82) is 0 Å². The number of likely N-dealkylation sites (N-methyl/N-ethyl adjacent to an activating group) is 1. The Labute approximate surface area is 122 Å². The number of fused-ring (bicyclic) bond motifs is 1. The molecule has 2 heterocycles. The van der Waals surface area contributed by atoms with E-state index in [9.17, 15) is 9.59 Å². The molecule has 0 aliphatic carbocycles. The summed E-state index contributed by atoms with van der Waals surface area (Å²) in [6, 6.07) is 7.02. The van der Waals surface area contributed by atoms with Crippen LogP contribution in [0.3, 0.4) is 0 Å². The molecule has 96 valence electrons. The van der Waals surface area contributed by atoms with Gasteiger partial charge in [0, 0.05) is 12.6 Å². The molecule has 0 bridgehead atoms. The van der Waals surface area contributed by atoms with Gasteiger partial charge < -0.3 is 4.90 Å². The molecule has 2 aliphatic rings. The average molecular weight is 311 g/mol. The highest BCUT2D eigenvalue weighted by Gasteiger charge is 2.37. The van der Waals surface area contributed by atoms with Gasteiger partial charge in [0.2, 0.25) is 5.78 Å². The topological polar surface area (TPSA) is 49.7 Å². The second kappa shape index (κ2) is 4.70. The minimum Gasteiger partial charge on any atom is -0.311 e. The fraction of sp³-hybridized carbons (Fsp3) is 0.0833. The van der Waals surface area contributed by atoms with Crippen LogP contribution in [0.4, 0.5) is 5.69 Å². The molecule has 1 amide bonds. The van der Waals surface area contributed by atoms with Crippen LogP contribution >= 0.6 is 33.4 Å². The fourth-order valence-electron chi connectivity index (χ4n) is 1.98. The Bertz CT molecular complexity index is 669. The number of Topliss-reactive ketones (excluding diaryl/α,β-unsaturated/α-hetero) is 1. The lowest BCUT2D eigenvalue weighted by molar-refractivity contribution is -0.114. The van der Waals surface area contributed by atoms with Crippen molar-refractivity contribution >= 4 is 55.9 Å². The highest BCUT2D eigenvalue weighted by Crippen LogP contribution is 2.44. The number of rotatable bonds is 0. The molecule has 0 N–H and O–H groups in total. The van der Waals surface area contributed by atoms with Crippen molar-refractivity contribution < 1.29 is 9.59 Å². The first kappa shape index (κ1) is 12.8. The number of para-hydroxylation sites is 1. The first-order chi connectivity index (χ1) is 9.11. The van der Waals surface area contributed by atoms with Crippen LogP contribution in [0.25, 0.3) is 0 Å². The van der Waals surface area contributed by atoms with Gasteiger partial charge in [-0.15, -0.1) is 0 Å². The Morgan fingerprint density at radius 2 is 2.00 bits per heavy atom. The molecule has 2 aliphatic heterocycles. The first-order valence-corrected chi connectivity index (χ1v) is 7.83. The van der Waals surface area contributed by atoms with Gasteiger partial charge in [-0.3, -0.25) is 9.59 Å². The van der Waals surface area contributed by atoms with Gasteiger partial charge in [-0.05, 0) is 22.9 Å². The van der Waals surface area contributed by atoms with Crippen molar-refractivity contribution in [3.63, 3.8) is 0 Å². The number of hydrogen-bond donors (Lipinski definition) is 0. The lowest BCUT2D eigenvalue weighted by atomic mass is 9.95. The summed E-state index contributed by atoms with van der Waals surface area (Å²) in [4.78, 5) is 26.7. The number of carbonyl (C=O) groups is 2. The van der Waals surface area contributed by atoms with E-state index in [1.807, 2.05) is 0 Å². The van der Waals surface area contributed by atoms with Crippen molar-refractivity contribution in [2.24, 2.45) is 4.40 Å². The van der Waals surface area contributed by atoms with Gasteiger partial charge in [-0.2, -0.15) is 4.40 Å². The maximum atomic E-state index is 12.5. The zero-order chi connectivity index (χ0) is 13.6. The van der Waals surface area contributed by atoms with E-state index in [1.54, 1.807) is 31.3 Å². The average Bonchev–Trinajstić information content (AvgIpc) is 2.83. The van der Waals surface area contributed by atoms with Crippen LogP contribution in [-0.2, 0) is 4.79 Å². The lowest BCUT2D eigenvalue weighted by Gasteiger charge is -2.26. The SMILES string of the molecule is CN1C(=O)/C(=C2\SSN=C2Cl)C(=O)c2ccccc21. The highest BCUT2D eigenvalue weighted by atomic mass is 35.5. The van der Waals surface area contributed by atoms with Crippen LogP contribution in [0.15, 0.2) is 39.1 Å². The van der Waals surface area contributed by atoms with Crippen LogP contribution in [0.1, 0.15) is 10.4 Å². The minimum absolute atomic E-state index is 0.102. The summed E-state index contributed by atoms with van der Waals surface area (Å²) in [6.07, 6.45) is 0. The summed E-state index contributed by atoms with van der Waals surface area (Å²) in [5.41, 5.74) is 1.23. The van der Waals surface area contributed by atoms with E-state index in [-0.39, 0.29) is 22.4 Å². The number of halogens is 1. The zero-order valence-electron chi connectivity index (χ0n) is 9.71. The quantitative estimate of drug-likeness (QED) is 0.320. The zero-order valence-corrected chi connectivity index (χ0v) is 12.1. The predicted molar refractivity (Wildman–Crippen MR) is 79.7 cm³/mol. The van der Waals surface area contributed by atoms with Gasteiger partial charge in [0.1, 0.15) is 5.57 Å². The van der Waals surface area contributed by atoms with Gasteiger partial charge in [-0.25, -0.2) is 0 Å². The summed E-state index contributed by atoms with van der Waals surface area (Å²) < 4.78 is 3.92. The van der Waals surface area contributed by atoms with Crippen LogP contribution in [0.2, 0.25) is 0 Å². The van der Waals surface area contributed by atoms with Gasteiger partial charge in [0.25, 0.3) is 5.91 Å². The molecule has 19 heavy (non-hydrogen) atoms. The number of allylic oxidation sites excluding steroid dienone is 1. The smallest absolute Gasteiger partial charge is 0.263 e. The van der Waals surface area contributed by atoms with Gasteiger partial charge in [-0.1, -0.05) is 23.7 Å². The van der Waals surface area contributed by atoms with Crippen molar-refractivity contribution in [3.8, 4) is 0 Å². The third-order valence-corrected chi connectivity index (χ3v) is 5.24. The lowest BCUT2D eigenvalue weighted by Crippen LogP contribution is -2.37. The Balaban J connectivity index is 2.23. The molecule has 0 radical (unpaired) electrons. The summed E-state index contributed by atoms with van der Waals surface area (Å²) in [5.74, 6) is -0.640. The van der Waals surface area contributed by atoms with Crippen molar-refractivity contribution in [2.75, 3.05) is 11.9 Å². The summed E-state index contributed by atoms with van der Waals surface area (Å²) in [5, 5.41) is 0.208. The molecule has 0 spiro atoms. The van der Waals surface area contributed by atoms with E-state index in [4.69, 9.17) is 11.6 Å². The second-order valence-corrected chi connectivity index (χ2v) is 6.17. The first-order valence-electron chi connectivity index (χ1n) is 5.35. The van der Waals surface area contributed by atoms with Crippen LogP contribution in [-0.4, -0.2) is 23.9 Å². The second-order valence-electron chi connectivity index (χ2n) is 3.95. The molecule has 3 rings (SSSR count). The van der Waals surface area contributed by atoms with E-state index in [0.717, 1.165) is 11.0 Å².